The van der Waals surface area contributed by atoms with Crippen molar-refractivity contribution in [3.8, 4) is 0 Å². The summed E-state index contributed by atoms with van der Waals surface area (Å²) in [6.07, 6.45) is 5.41. The summed E-state index contributed by atoms with van der Waals surface area (Å²) < 4.78 is 0. The van der Waals surface area contributed by atoms with Gasteiger partial charge in [-0.3, -0.25) is 4.79 Å². The third-order valence-electron chi connectivity index (χ3n) is 3.07. The van der Waals surface area contributed by atoms with Gasteiger partial charge in [0.25, 0.3) is 0 Å². The molecular weight excluding hydrogens is 184 g/mol. The van der Waals surface area contributed by atoms with Crippen molar-refractivity contribution in [2.45, 2.75) is 31.6 Å². The van der Waals surface area contributed by atoms with E-state index >= 15 is 0 Å². The smallest absolute Gasteiger partial charge is 0.140 e. The number of unbranched alkanes of at least 4 members (excludes halogenated alkanes) is 1. The fourth-order valence-electron chi connectivity index (χ4n) is 2.14. The summed E-state index contributed by atoms with van der Waals surface area (Å²) in [4.78, 5) is 11.8. The van der Waals surface area contributed by atoms with Gasteiger partial charge in [-0.1, -0.05) is 30.3 Å². The molecule has 0 saturated heterocycles. The van der Waals surface area contributed by atoms with E-state index in [-0.39, 0.29) is 5.92 Å². The van der Waals surface area contributed by atoms with Crippen LogP contribution in [-0.2, 0) is 11.2 Å². The fourth-order valence-corrected chi connectivity index (χ4v) is 2.14. The van der Waals surface area contributed by atoms with Gasteiger partial charge in [0.2, 0.25) is 0 Å². The van der Waals surface area contributed by atoms with E-state index in [1.54, 1.807) is 0 Å². The summed E-state index contributed by atoms with van der Waals surface area (Å²) in [5, 5.41) is 0. The van der Waals surface area contributed by atoms with Crippen LogP contribution in [0.1, 0.15) is 36.3 Å². The predicted octanol–water partition coefficient (Wildman–Crippen LogP) is 3.25. The molecule has 1 nitrogen and oxygen atoms in total. The Hall–Kier alpha value is -1.37. The summed E-state index contributed by atoms with van der Waals surface area (Å²) in [7, 11) is 0. The lowest BCUT2D eigenvalue weighted by Crippen LogP contribution is -2.24. The van der Waals surface area contributed by atoms with E-state index in [0.29, 0.717) is 12.2 Å². The lowest BCUT2D eigenvalue weighted by molar-refractivity contribution is -0.121. The third kappa shape index (κ3) is 2.01. The van der Waals surface area contributed by atoms with Gasteiger partial charge in [0.15, 0.2) is 0 Å². The van der Waals surface area contributed by atoms with E-state index in [9.17, 15) is 4.79 Å². The average molecular weight is 200 g/mol. The summed E-state index contributed by atoms with van der Waals surface area (Å²) in [6, 6.07) is 8.25. The fraction of sp³-hybridized carbons (Fsp3) is 0.357. The van der Waals surface area contributed by atoms with Crippen LogP contribution in [0, 0.1) is 0 Å². The molecule has 1 aromatic rings. The average Bonchev–Trinajstić information content (AvgIpc) is 2.20. The van der Waals surface area contributed by atoms with Crippen LogP contribution in [0.15, 0.2) is 36.9 Å². The first-order valence-electron chi connectivity index (χ1n) is 5.54. The van der Waals surface area contributed by atoms with E-state index in [1.807, 2.05) is 18.2 Å². The van der Waals surface area contributed by atoms with Crippen molar-refractivity contribution in [2.24, 2.45) is 0 Å². The molecule has 0 saturated carbocycles. The maximum Gasteiger partial charge on any atom is 0.140 e. The molecule has 0 spiro atoms. The Kier molecular flexibility index (Phi) is 3.00. The predicted molar refractivity (Wildman–Crippen MR) is 61.9 cm³/mol. The lowest BCUT2D eigenvalue weighted by Gasteiger charge is -2.28. The van der Waals surface area contributed by atoms with E-state index in [1.165, 1.54) is 11.1 Å². The molecule has 78 valence electrons. The summed E-state index contributed by atoms with van der Waals surface area (Å²) >= 11 is 0. The second-order valence-corrected chi connectivity index (χ2v) is 4.10. The number of rotatable bonds is 5. The molecule has 0 amide bonds. The minimum atomic E-state index is 0.186. The van der Waals surface area contributed by atoms with Crippen LogP contribution in [0.5, 0.6) is 0 Å². The normalized spacial score (nSPS) is 17.7. The molecule has 0 aromatic heterocycles. The van der Waals surface area contributed by atoms with E-state index in [4.69, 9.17) is 0 Å². The van der Waals surface area contributed by atoms with Gasteiger partial charge in [0, 0.05) is 12.3 Å². The number of hydrogen-bond donors (Lipinski definition) is 0. The van der Waals surface area contributed by atoms with E-state index in [2.05, 4.69) is 18.7 Å². The Bertz CT molecular complexity index is 379. The molecule has 0 fully saturated rings. The maximum atomic E-state index is 11.8. The monoisotopic (exact) mass is 200 g/mol. The molecule has 1 aromatic carbocycles. The van der Waals surface area contributed by atoms with Gasteiger partial charge >= 0.3 is 0 Å². The van der Waals surface area contributed by atoms with Gasteiger partial charge in [0.1, 0.15) is 5.78 Å². The molecule has 0 heterocycles. The highest BCUT2D eigenvalue weighted by Crippen LogP contribution is 2.36. The highest BCUT2D eigenvalue weighted by Gasteiger charge is 2.30. The second-order valence-electron chi connectivity index (χ2n) is 4.10. The zero-order valence-corrected chi connectivity index (χ0v) is 8.91. The van der Waals surface area contributed by atoms with Gasteiger partial charge in [-0.2, -0.15) is 0 Å². The molecular formula is C14H16O. The van der Waals surface area contributed by atoms with Crippen LogP contribution >= 0.6 is 0 Å². The molecule has 1 atom stereocenters. The van der Waals surface area contributed by atoms with E-state index in [0.717, 1.165) is 19.3 Å². The van der Waals surface area contributed by atoms with Crippen LogP contribution in [-0.4, -0.2) is 5.78 Å². The summed E-state index contributed by atoms with van der Waals surface area (Å²) in [5.74, 6) is 0.585. The highest BCUT2D eigenvalue weighted by molar-refractivity contribution is 5.88. The summed E-state index contributed by atoms with van der Waals surface area (Å²) in [5.41, 5.74) is 2.60. The maximum absolute atomic E-state index is 11.8. The van der Waals surface area contributed by atoms with Crippen LogP contribution in [0.2, 0.25) is 0 Å². The molecule has 1 heteroatoms. The number of hydrogen-bond acceptors (Lipinski definition) is 1. The Morgan fingerprint density at radius 3 is 3.00 bits per heavy atom. The molecule has 2 rings (SSSR count). The summed E-state index contributed by atoms with van der Waals surface area (Å²) in [6.45, 7) is 3.66. The van der Waals surface area contributed by atoms with Crippen LogP contribution in [0.3, 0.4) is 0 Å². The van der Waals surface area contributed by atoms with Gasteiger partial charge in [-0.15, -0.1) is 6.58 Å². The third-order valence-corrected chi connectivity index (χ3v) is 3.07. The molecule has 1 unspecified atom stereocenters. The van der Waals surface area contributed by atoms with Crippen molar-refractivity contribution in [3.05, 3.63) is 48.0 Å². The van der Waals surface area contributed by atoms with Crippen LogP contribution in [0.25, 0.3) is 0 Å². The Morgan fingerprint density at radius 2 is 2.27 bits per heavy atom. The topological polar surface area (TPSA) is 17.1 Å². The Labute approximate surface area is 90.8 Å². The SMILES string of the molecule is C=CCCCC(=O)C1Cc2ccccc21. The van der Waals surface area contributed by atoms with Crippen molar-refractivity contribution >= 4 is 5.78 Å². The first-order valence-corrected chi connectivity index (χ1v) is 5.54. The van der Waals surface area contributed by atoms with Crippen LogP contribution < -0.4 is 0 Å². The lowest BCUT2D eigenvalue weighted by atomic mass is 9.74. The number of carbonyl (C=O) groups is 1. The first-order chi connectivity index (χ1) is 7.33. The molecule has 0 radical (unpaired) electrons. The molecule has 0 N–H and O–H groups in total. The van der Waals surface area contributed by atoms with Gasteiger partial charge in [-0.05, 0) is 30.4 Å². The number of benzene rings is 1. The zero-order chi connectivity index (χ0) is 10.7. The van der Waals surface area contributed by atoms with Crippen LogP contribution in [0.4, 0.5) is 0 Å². The zero-order valence-electron chi connectivity index (χ0n) is 8.91. The Balaban J connectivity index is 1.92. The van der Waals surface area contributed by atoms with Gasteiger partial charge in [-0.25, -0.2) is 0 Å². The minimum Gasteiger partial charge on any atom is -0.299 e. The standard InChI is InChI=1S/C14H16O/c1-2-3-4-9-14(15)13-10-11-7-5-6-8-12(11)13/h2,5-8,13H,1,3-4,9-10H2. The molecule has 1 aliphatic rings. The number of fused-ring (bicyclic) bond motifs is 1. The first kappa shape index (κ1) is 10.2. The molecule has 1 aliphatic carbocycles. The van der Waals surface area contributed by atoms with Crippen molar-refractivity contribution in [1.29, 1.82) is 0 Å². The largest absolute Gasteiger partial charge is 0.299 e. The molecule has 0 aliphatic heterocycles. The van der Waals surface area contributed by atoms with Crippen molar-refractivity contribution in [3.63, 3.8) is 0 Å². The Morgan fingerprint density at radius 1 is 1.47 bits per heavy atom. The highest BCUT2D eigenvalue weighted by atomic mass is 16.1. The minimum absolute atomic E-state index is 0.186. The van der Waals surface area contributed by atoms with Crippen molar-refractivity contribution in [2.75, 3.05) is 0 Å². The van der Waals surface area contributed by atoms with Gasteiger partial charge < -0.3 is 0 Å². The number of allylic oxidation sites excluding steroid dienone is 1. The van der Waals surface area contributed by atoms with E-state index < -0.39 is 0 Å². The molecule has 15 heavy (non-hydrogen) atoms. The number of ketones is 1. The second kappa shape index (κ2) is 4.43. The van der Waals surface area contributed by atoms with Crippen molar-refractivity contribution < 1.29 is 4.79 Å². The van der Waals surface area contributed by atoms with Crippen molar-refractivity contribution in [1.82, 2.24) is 0 Å². The number of Topliss-reactive ketones (excluding diaryl/α,β-unsaturated/α-hetero) is 1. The van der Waals surface area contributed by atoms with Gasteiger partial charge in [0.05, 0.1) is 0 Å². The molecule has 0 bridgehead atoms. The number of carbonyl (C=O) groups excluding carboxylic acids is 1. The quantitative estimate of drug-likeness (QED) is 0.526.